The van der Waals surface area contributed by atoms with Crippen molar-refractivity contribution in [3.8, 4) is 0 Å². The van der Waals surface area contributed by atoms with Crippen LogP contribution >= 0.6 is 0 Å². The van der Waals surface area contributed by atoms with Gasteiger partial charge in [-0.2, -0.15) is 0 Å². The average molecular weight is 364 g/mol. The van der Waals surface area contributed by atoms with Gasteiger partial charge in [-0.1, -0.05) is 0 Å². The third-order valence-corrected chi connectivity index (χ3v) is 4.51. The van der Waals surface area contributed by atoms with Crippen LogP contribution < -0.4 is 10.6 Å². The summed E-state index contributed by atoms with van der Waals surface area (Å²) in [7, 11) is 1.91. The predicted octanol–water partition coefficient (Wildman–Crippen LogP) is 3.94. The van der Waals surface area contributed by atoms with Gasteiger partial charge in [-0.3, -0.25) is 0 Å². The number of aromatic nitrogens is 1. The van der Waals surface area contributed by atoms with Crippen molar-refractivity contribution in [1.29, 1.82) is 0 Å². The molecule has 0 amide bonds. The number of nitrogens with zero attached hydrogens (tertiary/aromatic N) is 1. The van der Waals surface area contributed by atoms with Gasteiger partial charge in [0.2, 0.25) is 0 Å². The minimum atomic E-state index is -0.355. The van der Waals surface area contributed by atoms with E-state index in [1.54, 1.807) is 12.1 Å². The molecule has 0 unspecified atom stereocenters. The summed E-state index contributed by atoms with van der Waals surface area (Å²) < 4.78 is 14.0. The Morgan fingerprint density at radius 2 is 1.75 bits per heavy atom. The first-order valence-electron chi connectivity index (χ1n) is 8.04. The number of hydrogen-bond acceptors (Lipinski definition) is 3. The topological polar surface area (TPSA) is 37.0 Å². The molecule has 0 fully saturated rings. The molecule has 0 aliphatic rings. The van der Waals surface area contributed by atoms with Crippen molar-refractivity contribution in [2.24, 2.45) is 0 Å². The molecular weight excluding hydrogens is 340 g/mol. The fraction of sp³-hybridized carbons (Fsp3) is 0.368. The quantitative estimate of drug-likeness (QED) is 0.815. The predicted molar refractivity (Wildman–Crippen MR) is 94.5 cm³/mol. The summed E-state index contributed by atoms with van der Waals surface area (Å²) >= 11 is 2.52. The number of nitrogens with one attached hydrogen (secondary N) is 2. The van der Waals surface area contributed by atoms with E-state index in [9.17, 15) is 4.39 Å². The van der Waals surface area contributed by atoms with Gasteiger partial charge in [0, 0.05) is 0 Å². The molecule has 1 heterocycles. The van der Waals surface area contributed by atoms with Crippen LogP contribution in [0.1, 0.15) is 50.6 Å². The third kappa shape index (κ3) is 4.32. The number of rotatable bonds is 6. The van der Waals surface area contributed by atoms with Gasteiger partial charge in [-0.05, 0) is 0 Å². The van der Waals surface area contributed by atoms with Gasteiger partial charge >= 0.3 is 152 Å². The Balaban J connectivity index is 2.27. The van der Waals surface area contributed by atoms with E-state index in [1.165, 1.54) is 12.1 Å². The average Bonchev–Trinajstić information content (AvgIpc) is 2.54. The van der Waals surface area contributed by atoms with E-state index in [4.69, 9.17) is 4.98 Å². The molecule has 24 heavy (non-hydrogen) atoms. The monoisotopic (exact) mass is 364 g/mol. The van der Waals surface area contributed by atoms with Crippen molar-refractivity contribution >= 4 is 10.0 Å². The first-order chi connectivity index (χ1) is 11.2. The Hall–Kier alpha value is -1.49. The molecule has 0 saturated heterocycles. The summed E-state index contributed by atoms with van der Waals surface area (Å²) in [6, 6.07) is 10.6. The molecule has 0 aliphatic carbocycles. The molecule has 0 aliphatic heterocycles. The molecule has 0 radical (unpaired) electrons. The van der Waals surface area contributed by atoms with Crippen molar-refractivity contribution in [2.45, 2.75) is 39.2 Å². The molecule has 5 heteroatoms. The molecule has 1 aromatic carbocycles. The number of benzene rings is 1. The summed E-state index contributed by atoms with van der Waals surface area (Å²) in [5.41, 5.74) is 3.67. The van der Waals surface area contributed by atoms with Crippen molar-refractivity contribution in [3.05, 3.63) is 59.2 Å². The van der Waals surface area contributed by atoms with Gasteiger partial charge in [0.1, 0.15) is 0 Å². The first kappa shape index (κ1) is 18.8. The zero-order valence-electron chi connectivity index (χ0n) is 14.8. The van der Waals surface area contributed by atoms with E-state index < -0.39 is 0 Å². The molecule has 0 spiro atoms. The maximum absolute atomic E-state index is 13.1. The number of anilines is 1. The van der Waals surface area contributed by atoms with E-state index >= 15 is 0 Å². The van der Waals surface area contributed by atoms with Crippen LogP contribution in [0.5, 0.6) is 0 Å². The summed E-state index contributed by atoms with van der Waals surface area (Å²) in [5.74, 6) is 0.102. The molecular formula is C19H24FN3V. The van der Waals surface area contributed by atoms with Gasteiger partial charge in [0.05, 0.1) is 0 Å². The van der Waals surface area contributed by atoms with Gasteiger partial charge in [0.15, 0.2) is 0 Å². The van der Waals surface area contributed by atoms with Crippen LogP contribution in [0.15, 0.2) is 36.4 Å². The van der Waals surface area contributed by atoms with E-state index in [0.29, 0.717) is 5.92 Å². The number of hydrogen-bond donors (Lipinski definition) is 2. The number of halogens is 1. The van der Waals surface area contributed by atoms with Crippen molar-refractivity contribution < 1.29 is 21.4 Å². The Kier molecular flexibility index (Phi) is 5.97. The van der Waals surface area contributed by atoms with Gasteiger partial charge in [-0.15, -0.1) is 0 Å². The zero-order valence-corrected chi connectivity index (χ0v) is 16.2. The summed E-state index contributed by atoms with van der Waals surface area (Å²) in [6.45, 7) is 8.46. The van der Waals surface area contributed by atoms with Crippen LogP contribution in [0.3, 0.4) is 0 Å². The summed E-state index contributed by atoms with van der Waals surface area (Å²) in [5, 5.41) is 6.70. The fourth-order valence-electron chi connectivity index (χ4n) is 2.51. The molecule has 2 rings (SSSR count). The van der Waals surface area contributed by atoms with E-state index in [1.807, 2.05) is 13.1 Å². The van der Waals surface area contributed by atoms with Crippen LogP contribution in [-0.4, -0.2) is 16.4 Å². The molecule has 3 nitrogen and oxygen atoms in total. The molecule has 2 N–H and O–H groups in total. The normalized spacial score (nSPS) is 11.6. The Morgan fingerprint density at radius 1 is 1.12 bits per heavy atom. The SMILES string of the molecule is CNc1ccc(C(C)(C)N[C](=[V])c2ccc(F)cc2)nc1C(C)C. The minimum absolute atomic E-state index is 0.232. The van der Waals surface area contributed by atoms with Crippen molar-refractivity contribution in [2.75, 3.05) is 12.4 Å². The van der Waals surface area contributed by atoms with Gasteiger partial charge in [-0.25, -0.2) is 0 Å². The van der Waals surface area contributed by atoms with Crippen molar-refractivity contribution in [3.63, 3.8) is 0 Å². The third-order valence-electron chi connectivity index (χ3n) is 3.93. The second-order valence-electron chi connectivity index (χ2n) is 6.64. The molecule has 0 saturated carbocycles. The molecule has 127 valence electrons. The standard InChI is InChI=1S/C19H24FN3.V/c1-13(2)18-16(21-5)10-11-17(23-18)19(3,4)22-12-14-6-8-15(20)9-7-14;/h6-11,13,21-22H,1-5H3;. The van der Waals surface area contributed by atoms with Gasteiger partial charge in [0.25, 0.3) is 0 Å². The Bertz CT molecular complexity index is 724. The first-order valence-corrected chi connectivity index (χ1v) is 8.73. The van der Waals surface area contributed by atoms with Crippen LogP contribution in [0.25, 0.3) is 0 Å². The Labute approximate surface area is 152 Å². The molecule has 2 aromatic rings. The number of pyridine rings is 1. The Morgan fingerprint density at radius 3 is 2.29 bits per heavy atom. The van der Waals surface area contributed by atoms with E-state index in [-0.39, 0.29) is 11.4 Å². The van der Waals surface area contributed by atoms with Crippen molar-refractivity contribution in [1.82, 2.24) is 10.3 Å². The second-order valence-corrected chi connectivity index (χ2v) is 7.34. The van der Waals surface area contributed by atoms with E-state index in [0.717, 1.165) is 27.0 Å². The van der Waals surface area contributed by atoms with Crippen LogP contribution in [0.4, 0.5) is 10.1 Å². The molecule has 1 aromatic heterocycles. The van der Waals surface area contributed by atoms with Crippen LogP contribution in [-0.2, 0) is 22.5 Å². The summed E-state index contributed by atoms with van der Waals surface area (Å²) in [6.07, 6.45) is 0. The zero-order chi connectivity index (χ0) is 17.9. The summed E-state index contributed by atoms with van der Waals surface area (Å²) in [4.78, 5) is 4.87. The fourth-order valence-corrected chi connectivity index (χ4v) is 3.18. The van der Waals surface area contributed by atoms with Crippen LogP contribution in [0.2, 0.25) is 0 Å². The second kappa shape index (κ2) is 7.60. The molecule has 0 bridgehead atoms. The maximum atomic E-state index is 13.1. The molecule has 0 atom stereocenters. The van der Waals surface area contributed by atoms with Gasteiger partial charge < -0.3 is 0 Å². The van der Waals surface area contributed by atoms with Crippen LogP contribution in [0, 0.1) is 5.82 Å². The van der Waals surface area contributed by atoms with E-state index in [2.05, 4.69) is 61.4 Å².